The highest BCUT2D eigenvalue weighted by Crippen LogP contribution is 2.23. The Morgan fingerprint density at radius 2 is 1.14 bits per heavy atom. The van der Waals surface area contributed by atoms with Gasteiger partial charge in [0.15, 0.2) is 12.0 Å². The highest BCUT2D eigenvalue weighted by atomic mass is 16.7. The second-order valence-electron chi connectivity index (χ2n) is 14.1. The van der Waals surface area contributed by atoms with Crippen molar-refractivity contribution in [3.8, 4) is 0 Å². The number of rotatable bonds is 21. The molecule has 0 saturated carbocycles. The summed E-state index contributed by atoms with van der Waals surface area (Å²) in [6.45, 7) is -2.27. The summed E-state index contributed by atoms with van der Waals surface area (Å²) in [7, 11) is 1.00. The number of carboxylic acid groups (broad SMARTS) is 3. The van der Waals surface area contributed by atoms with Crippen LogP contribution in [0.5, 0.6) is 0 Å². The van der Waals surface area contributed by atoms with Crippen LogP contribution >= 0.6 is 0 Å². The first kappa shape index (κ1) is 60.5. The van der Waals surface area contributed by atoms with Gasteiger partial charge in [0.1, 0.15) is 60.5 Å². The Kier molecular flexibility index (Phi) is 30.3. The van der Waals surface area contributed by atoms with E-state index in [0.717, 1.165) is 23.8 Å². The van der Waals surface area contributed by atoms with Crippen LogP contribution in [0.4, 0.5) is 0 Å². The van der Waals surface area contributed by atoms with Crippen LogP contribution in [-0.4, -0.2) is 201 Å². The maximum atomic E-state index is 11.3. The smallest absolute Gasteiger partial charge is 0.321 e. The Labute approximate surface area is 379 Å². The number of aliphatic hydroxyl groups excluding tert-OH is 11. The predicted molar refractivity (Wildman–Crippen MR) is 233 cm³/mol. The number of hydrogen-bond acceptors (Lipinski definition) is 20. The molecule has 3 aromatic carbocycles. The summed E-state index contributed by atoms with van der Waals surface area (Å²) in [6, 6.07) is 24.6. The zero-order valence-electron chi connectivity index (χ0n) is 35.9. The van der Waals surface area contributed by atoms with Crippen molar-refractivity contribution < 1.29 is 101 Å². The molecule has 0 radical (unpaired) electrons. The highest BCUT2D eigenvalue weighted by Gasteiger charge is 2.48. The lowest BCUT2D eigenvalue weighted by Gasteiger charge is -2.27. The SMILES string of the molecule is CO.N[C@H](Cc1ccccc1)C(=O)O.O=C(O)[C@@H](Cc1ccccc1)NC/C(O)=C(\O)[C@H](O)CO.O=C(O)[C@@H](Cc1ccccc1)NCC1(O)OCC(O)C1O.O=C[C@H](O)[C@@H](O)[C@H](O)CO. The van der Waals surface area contributed by atoms with Gasteiger partial charge in [0, 0.05) is 7.11 Å². The summed E-state index contributed by atoms with van der Waals surface area (Å²) >= 11 is 0. The van der Waals surface area contributed by atoms with E-state index in [-0.39, 0.29) is 38.8 Å². The van der Waals surface area contributed by atoms with E-state index in [4.69, 9.17) is 56.4 Å². The van der Waals surface area contributed by atoms with Gasteiger partial charge in [-0.15, -0.1) is 0 Å². The number of ether oxygens (including phenoxy) is 1. The van der Waals surface area contributed by atoms with Crippen LogP contribution in [0.25, 0.3) is 0 Å². The molecule has 1 aliphatic rings. The van der Waals surface area contributed by atoms with Crippen molar-refractivity contribution in [2.75, 3.05) is 40.0 Å². The van der Waals surface area contributed by atoms with Gasteiger partial charge in [-0.2, -0.15) is 0 Å². The first-order chi connectivity index (χ1) is 31.2. The molecule has 23 heteroatoms. The summed E-state index contributed by atoms with van der Waals surface area (Å²) in [4.78, 5) is 42.6. The fraction of sp³-hybridized carbons (Fsp3) is 0.442. The molecule has 4 rings (SSSR count). The molecule has 66 heavy (non-hydrogen) atoms. The van der Waals surface area contributed by atoms with Gasteiger partial charge in [-0.3, -0.25) is 25.0 Å². The second kappa shape index (κ2) is 33.1. The molecule has 0 bridgehead atoms. The molecule has 23 nitrogen and oxygen atoms in total. The molecular weight excluding hydrogens is 878 g/mol. The van der Waals surface area contributed by atoms with Crippen LogP contribution in [0, 0.1) is 0 Å². The van der Waals surface area contributed by atoms with Crippen LogP contribution in [0.2, 0.25) is 0 Å². The summed E-state index contributed by atoms with van der Waals surface area (Å²) in [5, 5.41) is 139. The molecule has 0 amide bonds. The summed E-state index contributed by atoms with van der Waals surface area (Å²) in [5.41, 5.74) is 7.94. The van der Waals surface area contributed by atoms with Gasteiger partial charge in [0.25, 0.3) is 0 Å². The molecule has 1 fully saturated rings. The maximum Gasteiger partial charge on any atom is 0.321 e. The fourth-order valence-electron chi connectivity index (χ4n) is 5.29. The highest BCUT2D eigenvalue weighted by molar-refractivity contribution is 5.74. The van der Waals surface area contributed by atoms with E-state index in [1.165, 1.54) is 0 Å². The van der Waals surface area contributed by atoms with Crippen LogP contribution in [-0.2, 0) is 43.2 Å². The normalized spacial score (nSPS) is 19.8. The molecule has 1 heterocycles. The van der Waals surface area contributed by atoms with Gasteiger partial charge in [-0.1, -0.05) is 91.0 Å². The van der Waals surface area contributed by atoms with Gasteiger partial charge in [-0.05, 0) is 36.0 Å². The molecule has 1 aliphatic heterocycles. The first-order valence-corrected chi connectivity index (χ1v) is 19.9. The largest absolute Gasteiger partial charge is 0.507 e. The maximum absolute atomic E-state index is 11.3. The van der Waals surface area contributed by atoms with Gasteiger partial charge >= 0.3 is 17.9 Å². The number of carboxylic acids is 3. The summed E-state index contributed by atoms with van der Waals surface area (Å²) in [5.74, 6) is -6.52. The average molecular weight is 942 g/mol. The minimum absolute atomic E-state index is 0.0869. The Hall–Kier alpha value is -5.48. The van der Waals surface area contributed by atoms with Gasteiger partial charge in [0.05, 0.1) is 32.9 Å². The standard InChI is InChI=1S/2C14H19NO6.C9H11NO2.C5H10O5.CH4O/c16-11-7-21-14(20,12(11)17)8-15-10(13(18)19)6-9-4-2-1-3-5-9;16-8-12(18)13(19)11(17)7-15-10(14(20)21)6-9-4-2-1-3-5-9;10-8(9(11)12)6-7-4-2-1-3-5-7;6-1-3(8)5(10)4(9)2-7;1-2/h1-5,10-12,15-17,20H,6-8H2,(H,18,19);1-5,10,12,15-19H,6-8H2,(H,20,21);1-5,8H,6,10H2,(H,11,12);1,3-5,7-10H,2H2;2H,1H3/b;13-11+;;;/t10-,11?,12?,14?;10-,12-;8-;3-,4+,5+;/m1110./s1. The minimum Gasteiger partial charge on any atom is -0.507 e. The predicted octanol–water partition coefficient (Wildman–Crippen LogP) is -3.82. The first-order valence-electron chi connectivity index (χ1n) is 19.9. The third kappa shape index (κ3) is 23.1. The molecule has 19 N–H and O–H groups in total. The van der Waals surface area contributed by atoms with Gasteiger partial charge in [-0.25, -0.2) is 0 Å². The number of nitrogens with one attached hydrogen (secondary N) is 2. The molecular formula is C43H63N3O20. The number of aliphatic carboxylic acids is 3. The average Bonchev–Trinajstić information content (AvgIpc) is 3.59. The second-order valence-corrected chi connectivity index (χ2v) is 14.1. The summed E-state index contributed by atoms with van der Waals surface area (Å²) in [6.07, 6.45) is -8.07. The Bertz CT molecular complexity index is 1830. The monoisotopic (exact) mass is 941 g/mol. The molecule has 10 atom stereocenters. The van der Waals surface area contributed by atoms with E-state index < -0.39 is 103 Å². The topological polar surface area (TPSA) is 431 Å². The fourth-order valence-corrected chi connectivity index (χ4v) is 5.29. The number of aliphatic hydroxyl groups is 12. The van der Waals surface area contributed by atoms with E-state index in [2.05, 4.69) is 10.6 Å². The number of hydrogen-bond donors (Lipinski definition) is 18. The van der Waals surface area contributed by atoms with Crippen molar-refractivity contribution in [2.45, 2.75) is 79.8 Å². The van der Waals surface area contributed by atoms with Crippen molar-refractivity contribution in [1.29, 1.82) is 0 Å². The van der Waals surface area contributed by atoms with E-state index in [0.29, 0.717) is 6.42 Å². The van der Waals surface area contributed by atoms with Crippen molar-refractivity contribution >= 4 is 24.2 Å². The lowest BCUT2D eigenvalue weighted by molar-refractivity contribution is -0.212. The Morgan fingerprint density at radius 3 is 1.48 bits per heavy atom. The number of carbonyl (C=O) groups is 4. The molecule has 0 aromatic heterocycles. The summed E-state index contributed by atoms with van der Waals surface area (Å²) < 4.78 is 4.95. The van der Waals surface area contributed by atoms with Crippen LogP contribution < -0.4 is 16.4 Å². The van der Waals surface area contributed by atoms with Crippen molar-refractivity contribution in [1.82, 2.24) is 10.6 Å². The molecule has 1 saturated heterocycles. The van der Waals surface area contributed by atoms with E-state index >= 15 is 0 Å². The zero-order chi connectivity index (χ0) is 50.4. The zero-order valence-corrected chi connectivity index (χ0v) is 35.9. The lowest BCUT2D eigenvalue weighted by Crippen LogP contribution is -2.54. The van der Waals surface area contributed by atoms with Crippen LogP contribution in [0.3, 0.4) is 0 Å². The molecule has 370 valence electrons. The van der Waals surface area contributed by atoms with Crippen LogP contribution in [0.15, 0.2) is 103 Å². The number of carbonyl (C=O) groups excluding carboxylic acids is 1. The van der Waals surface area contributed by atoms with Gasteiger partial charge < -0.3 is 91.9 Å². The molecule has 3 aromatic rings. The third-order valence-corrected chi connectivity index (χ3v) is 9.08. The molecule has 0 spiro atoms. The lowest BCUT2D eigenvalue weighted by atomic mass is 10.0. The quantitative estimate of drug-likeness (QED) is 0.0359. The van der Waals surface area contributed by atoms with Gasteiger partial charge in [0.2, 0.25) is 5.79 Å². The van der Waals surface area contributed by atoms with Crippen molar-refractivity contribution in [3.63, 3.8) is 0 Å². The van der Waals surface area contributed by atoms with Crippen molar-refractivity contribution in [2.24, 2.45) is 5.73 Å². The number of benzene rings is 3. The van der Waals surface area contributed by atoms with Crippen LogP contribution in [0.1, 0.15) is 16.7 Å². The third-order valence-electron chi connectivity index (χ3n) is 9.08. The minimum atomic E-state index is -1.98. The van der Waals surface area contributed by atoms with Crippen molar-refractivity contribution in [3.05, 3.63) is 119 Å². The number of nitrogens with two attached hydrogens (primary N) is 1. The molecule has 0 aliphatic carbocycles. The van der Waals surface area contributed by atoms with E-state index in [1.807, 2.05) is 54.6 Å². The Balaban J connectivity index is 0.000000880. The van der Waals surface area contributed by atoms with E-state index in [1.54, 1.807) is 36.4 Å². The Morgan fingerprint density at radius 1 is 0.712 bits per heavy atom. The van der Waals surface area contributed by atoms with E-state index in [9.17, 15) is 49.8 Å². The molecule has 3 unspecified atom stereocenters. The number of aldehydes is 1.